The average Bonchev–Trinajstić information content (AvgIpc) is 2.75. The Bertz CT molecular complexity index is 1000. The highest BCUT2D eigenvalue weighted by atomic mass is 16.5. The third-order valence-electron chi connectivity index (χ3n) is 4.62. The van der Waals surface area contributed by atoms with Crippen molar-refractivity contribution in [2.75, 3.05) is 52.2 Å². The van der Waals surface area contributed by atoms with Gasteiger partial charge >= 0.3 is 0 Å². The third kappa shape index (κ3) is 6.67. The highest BCUT2D eigenvalue weighted by Crippen LogP contribution is 2.27. The van der Waals surface area contributed by atoms with Crippen LogP contribution in [0.15, 0.2) is 60.4 Å². The van der Waals surface area contributed by atoms with Crippen molar-refractivity contribution in [1.82, 2.24) is 0 Å². The van der Waals surface area contributed by atoms with Crippen molar-refractivity contribution in [1.29, 1.82) is 0 Å². The number of aliphatic hydroxyl groups is 1. The first-order valence-electron chi connectivity index (χ1n) is 9.76. The van der Waals surface area contributed by atoms with Gasteiger partial charge in [0.15, 0.2) is 5.78 Å². The molecule has 2 aromatic rings. The summed E-state index contributed by atoms with van der Waals surface area (Å²) >= 11 is 0. The zero-order valence-electron chi connectivity index (χ0n) is 18.9. The second kappa shape index (κ2) is 10.9. The molecule has 0 fully saturated rings. The van der Waals surface area contributed by atoms with E-state index < -0.39 is 0 Å². The molecular formula is C25H30N2O4. The fourth-order valence-electron chi connectivity index (χ4n) is 2.82. The Hall–Kier alpha value is -3.67. The number of ether oxygens (including phenoxy) is 2. The number of carbonyl (C=O) groups is 1. The molecular weight excluding hydrogens is 392 g/mol. The van der Waals surface area contributed by atoms with Crippen molar-refractivity contribution in [2.24, 2.45) is 0 Å². The van der Waals surface area contributed by atoms with Gasteiger partial charge < -0.3 is 24.4 Å². The van der Waals surface area contributed by atoms with Gasteiger partial charge in [-0.1, -0.05) is 0 Å². The van der Waals surface area contributed by atoms with Gasteiger partial charge in [-0.25, -0.2) is 0 Å². The minimum absolute atomic E-state index is 0.150. The summed E-state index contributed by atoms with van der Waals surface area (Å²) in [4.78, 5) is 16.2. The summed E-state index contributed by atoms with van der Waals surface area (Å²) in [5, 5.41) is 10.1. The molecule has 0 saturated carbocycles. The van der Waals surface area contributed by atoms with Crippen LogP contribution in [0.25, 0.3) is 12.2 Å². The van der Waals surface area contributed by atoms with E-state index in [0.717, 1.165) is 28.6 Å². The summed E-state index contributed by atoms with van der Waals surface area (Å²) in [6.07, 6.45) is 7.38. The smallest absolute Gasteiger partial charge is 0.182 e. The van der Waals surface area contributed by atoms with Gasteiger partial charge in [-0.3, -0.25) is 4.79 Å². The molecule has 0 atom stereocenters. The molecule has 164 valence electrons. The van der Waals surface area contributed by atoms with Crippen LogP contribution in [0.1, 0.15) is 11.1 Å². The van der Waals surface area contributed by atoms with Crippen molar-refractivity contribution in [3.63, 3.8) is 0 Å². The summed E-state index contributed by atoms with van der Waals surface area (Å²) in [5.74, 6) is 0.852. The first-order chi connectivity index (χ1) is 14.7. The summed E-state index contributed by atoms with van der Waals surface area (Å²) < 4.78 is 10.8. The molecule has 0 aliphatic heterocycles. The Morgan fingerprint density at radius 3 is 1.68 bits per heavy atom. The Balaban J connectivity index is 2.13. The van der Waals surface area contributed by atoms with Crippen LogP contribution >= 0.6 is 0 Å². The SMILES string of the molecule is COc1cc(N(C)C)ccc1/C=C/C(=O)/C=C(O)/C=C/c1ccc(N(C)C)cc1OC. The molecule has 0 saturated heterocycles. The van der Waals surface area contributed by atoms with Crippen LogP contribution in [-0.2, 0) is 4.79 Å². The minimum Gasteiger partial charge on any atom is -0.508 e. The van der Waals surface area contributed by atoms with Gasteiger partial charge in [0.25, 0.3) is 0 Å². The molecule has 2 rings (SSSR count). The van der Waals surface area contributed by atoms with Crippen LogP contribution in [0.2, 0.25) is 0 Å². The van der Waals surface area contributed by atoms with E-state index in [-0.39, 0.29) is 11.5 Å². The molecule has 0 bridgehead atoms. The molecule has 1 N–H and O–H groups in total. The second-order valence-corrected chi connectivity index (χ2v) is 7.28. The molecule has 0 heterocycles. The minimum atomic E-state index is -0.337. The normalized spacial score (nSPS) is 11.7. The molecule has 0 amide bonds. The van der Waals surface area contributed by atoms with Crippen molar-refractivity contribution in [3.05, 3.63) is 71.5 Å². The van der Waals surface area contributed by atoms with Crippen LogP contribution in [0.5, 0.6) is 11.5 Å². The predicted molar refractivity (Wildman–Crippen MR) is 128 cm³/mol. The molecule has 0 spiro atoms. The largest absolute Gasteiger partial charge is 0.508 e. The fourth-order valence-corrected chi connectivity index (χ4v) is 2.82. The van der Waals surface area contributed by atoms with E-state index >= 15 is 0 Å². The van der Waals surface area contributed by atoms with Gasteiger partial charge in [0.2, 0.25) is 0 Å². The van der Waals surface area contributed by atoms with Crippen LogP contribution in [0.3, 0.4) is 0 Å². The Labute approximate surface area is 184 Å². The van der Waals surface area contributed by atoms with Gasteiger partial charge in [0.1, 0.15) is 17.3 Å². The third-order valence-corrected chi connectivity index (χ3v) is 4.62. The topological polar surface area (TPSA) is 62.2 Å². The number of ketones is 1. The summed E-state index contributed by atoms with van der Waals surface area (Å²) in [7, 11) is 11.0. The Kier molecular flexibility index (Phi) is 8.32. The number of hydrogen-bond acceptors (Lipinski definition) is 6. The van der Waals surface area contributed by atoms with E-state index in [9.17, 15) is 9.90 Å². The first kappa shape index (κ1) is 23.6. The summed E-state index contributed by atoms with van der Waals surface area (Å²) in [6.45, 7) is 0. The molecule has 0 unspecified atom stereocenters. The van der Waals surface area contributed by atoms with E-state index in [1.165, 1.54) is 12.2 Å². The van der Waals surface area contributed by atoms with Crippen LogP contribution in [0, 0.1) is 0 Å². The second-order valence-electron chi connectivity index (χ2n) is 7.28. The van der Waals surface area contributed by atoms with E-state index in [1.54, 1.807) is 26.4 Å². The lowest BCUT2D eigenvalue weighted by Crippen LogP contribution is -2.08. The lowest BCUT2D eigenvalue weighted by molar-refractivity contribution is -0.110. The van der Waals surface area contributed by atoms with Gasteiger partial charge in [-0.05, 0) is 48.6 Å². The van der Waals surface area contributed by atoms with Crippen molar-refractivity contribution >= 4 is 29.3 Å². The number of anilines is 2. The van der Waals surface area contributed by atoms with Crippen molar-refractivity contribution < 1.29 is 19.4 Å². The number of aliphatic hydroxyl groups excluding tert-OH is 1. The van der Waals surface area contributed by atoms with Crippen molar-refractivity contribution in [3.8, 4) is 11.5 Å². The van der Waals surface area contributed by atoms with Gasteiger partial charge in [-0.2, -0.15) is 0 Å². The summed E-state index contributed by atoms with van der Waals surface area (Å²) in [6, 6.07) is 11.5. The van der Waals surface area contributed by atoms with Crippen LogP contribution < -0.4 is 19.3 Å². The maximum Gasteiger partial charge on any atom is 0.182 e. The van der Waals surface area contributed by atoms with Crippen molar-refractivity contribution in [2.45, 2.75) is 0 Å². The number of rotatable bonds is 9. The highest BCUT2D eigenvalue weighted by Gasteiger charge is 2.05. The van der Waals surface area contributed by atoms with E-state index in [1.807, 2.05) is 74.4 Å². The lowest BCUT2D eigenvalue weighted by Gasteiger charge is -2.14. The number of methoxy groups -OCH3 is 2. The predicted octanol–water partition coefficient (Wildman–Crippen LogP) is 4.57. The van der Waals surface area contributed by atoms with Crippen LogP contribution in [0.4, 0.5) is 11.4 Å². The molecule has 31 heavy (non-hydrogen) atoms. The van der Waals surface area contributed by atoms with E-state index in [4.69, 9.17) is 9.47 Å². The monoisotopic (exact) mass is 422 g/mol. The quantitative estimate of drug-likeness (QED) is 0.363. The molecule has 6 heteroatoms. The zero-order valence-corrected chi connectivity index (χ0v) is 18.9. The standard InChI is InChI=1S/C25H30N2O4/c1-26(2)20-11-7-18(24(15-20)30-5)9-13-22(28)17-23(29)14-10-19-8-12-21(27(3)4)16-25(19)31-6/h7-17,28H,1-6H3/b13-9+,14-10+,22-17-. The van der Waals surface area contributed by atoms with Crippen LogP contribution in [-0.4, -0.2) is 53.3 Å². The molecule has 0 aromatic heterocycles. The average molecular weight is 423 g/mol. The zero-order chi connectivity index (χ0) is 23.0. The summed E-state index contributed by atoms with van der Waals surface area (Å²) in [5.41, 5.74) is 3.57. The number of allylic oxidation sites excluding steroid dienone is 3. The molecule has 6 nitrogen and oxygen atoms in total. The maximum absolute atomic E-state index is 12.2. The van der Waals surface area contributed by atoms with E-state index in [0.29, 0.717) is 11.5 Å². The lowest BCUT2D eigenvalue weighted by atomic mass is 10.1. The Morgan fingerprint density at radius 2 is 1.26 bits per heavy atom. The number of hydrogen-bond donors (Lipinski definition) is 1. The van der Waals surface area contributed by atoms with Gasteiger partial charge in [0, 0.05) is 68.9 Å². The maximum atomic E-state index is 12.2. The van der Waals surface area contributed by atoms with Gasteiger partial charge in [0.05, 0.1) is 14.2 Å². The number of nitrogens with zero attached hydrogens (tertiary/aromatic N) is 2. The molecule has 0 aliphatic rings. The molecule has 0 radical (unpaired) electrons. The highest BCUT2D eigenvalue weighted by molar-refractivity contribution is 6.02. The molecule has 2 aromatic carbocycles. The Morgan fingerprint density at radius 1 is 0.806 bits per heavy atom. The fraction of sp³-hybridized carbons (Fsp3) is 0.240. The molecule has 0 aliphatic carbocycles. The van der Waals surface area contributed by atoms with E-state index in [2.05, 4.69) is 0 Å². The number of benzene rings is 2. The van der Waals surface area contributed by atoms with Gasteiger partial charge in [-0.15, -0.1) is 0 Å². The first-order valence-corrected chi connectivity index (χ1v) is 9.76. The number of carbonyl (C=O) groups excluding carboxylic acids is 1.